The molecule has 0 amide bonds. The van der Waals surface area contributed by atoms with Crippen LogP contribution in [0.4, 0.5) is 0 Å². The molecule has 0 spiro atoms. The molecule has 2 aliphatic carbocycles. The summed E-state index contributed by atoms with van der Waals surface area (Å²) in [5.74, 6) is 0. The summed E-state index contributed by atoms with van der Waals surface area (Å²) in [7, 11) is 0. The SMILES string of the molecule is NC1(c2cncc3c2CCCCC3)CC1. The van der Waals surface area contributed by atoms with Gasteiger partial charge in [-0.1, -0.05) is 6.42 Å². The molecule has 1 heterocycles. The number of nitrogens with zero attached hydrogens (tertiary/aromatic N) is 1. The molecule has 0 aromatic carbocycles. The first kappa shape index (κ1) is 9.34. The number of aromatic nitrogens is 1. The van der Waals surface area contributed by atoms with Crippen molar-refractivity contribution in [3.63, 3.8) is 0 Å². The summed E-state index contributed by atoms with van der Waals surface area (Å²) in [6.45, 7) is 0. The van der Waals surface area contributed by atoms with Gasteiger partial charge < -0.3 is 5.73 Å². The molecule has 0 bridgehead atoms. The van der Waals surface area contributed by atoms with Crippen molar-refractivity contribution in [2.45, 2.75) is 50.5 Å². The Hall–Kier alpha value is -0.890. The summed E-state index contributed by atoms with van der Waals surface area (Å²) in [6.07, 6.45) is 12.8. The fourth-order valence-electron chi connectivity index (χ4n) is 2.67. The molecule has 2 aliphatic rings. The fraction of sp³-hybridized carbons (Fsp3) is 0.615. The van der Waals surface area contributed by atoms with Crippen LogP contribution >= 0.6 is 0 Å². The highest BCUT2D eigenvalue weighted by Gasteiger charge is 2.42. The zero-order chi connectivity index (χ0) is 10.3. The van der Waals surface area contributed by atoms with E-state index in [-0.39, 0.29) is 5.54 Å². The third kappa shape index (κ3) is 1.57. The normalized spacial score (nSPS) is 23.0. The molecular weight excluding hydrogens is 184 g/mol. The summed E-state index contributed by atoms with van der Waals surface area (Å²) in [6, 6.07) is 0. The lowest BCUT2D eigenvalue weighted by Crippen LogP contribution is -2.21. The van der Waals surface area contributed by atoms with Crippen LogP contribution in [-0.4, -0.2) is 4.98 Å². The second-order valence-corrected chi connectivity index (χ2v) is 5.04. The number of hydrogen-bond donors (Lipinski definition) is 1. The molecule has 0 unspecified atom stereocenters. The standard InChI is InChI=1S/C13H18N2/c14-13(6-7-13)12-9-15-8-10-4-2-1-3-5-11(10)12/h8-9H,1-7,14H2. The Morgan fingerprint density at radius 2 is 1.87 bits per heavy atom. The van der Waals surface area contributed by atoms with E-state index in [1.54, 1.807) is 0 Å². The average Bonchev–Trinajstić information content (AvgIpc) is 3.01. The Morgan fingerprint density at radius 3 is 2.67 bits per heavy atom. The average molecular weight is 202 g/mol. The summed E-state index contributed by atoms with van der Waals surface area (Å²) >= 11 is 0. The van der Waals surface area contributed by atoms with Gasteiger partial charge in [0.25, 0.3) is 0 Å². The third-order valence-corrected chi connectivity index (χ3v) is 3.84. The predicted octanol–water partition coefficient (Wildman–Crippen LogP) is 2.30. The maximum absolute atomic E-state index is 6.30. The minimum absolute atomic E-state index is 0.0112. The molecule has 1 fully saturated rings. The van der Waals surface area contributed by atoms with E-state index in [2.05, 4.69) is 11.2 Å². The van der Waals surface area contributed by atoms with Gasteiger partial charge >= 0.3 is 0 Å². The van der Waals surface area contributed by atoms with Crippen LogP contribution in [0, 0.1) is 0 Å². The maximum atomic E-state index is 6.30. The van der Waals surface area contributed by atoms with Gasteiger partial charge in [-0.2, -0.15) is 0 Å². The molecule has 1 aromatic heterocycles. The van der Waals surface area contributed by atoms with Gasteiger partial charge in [0, 0.05) is 17.9 Å². The second-order valence-electron chi connectivity index (χ2n) is 5.04. The van der Waals surface area contributed by atoms with Crippen molar-refractivity contribution in [2.75, 3.05) is 0 Å². The second kappa shape index (κ2) is 3.31. The van der Waals surface area contributed by atoms with Crippen LogP contribution in [0.25, 0.3) is 0 Å². The van der Waals surface area contributed by atoms with Crippen LogP contribution in [0.1, 0.15) is 48.8 Å². The Bertz CT molecular complexity index is 380. The smallest absolute Gasteiger partial charge is 0.0429 e. The lowest BCUT2D eigenvalue weighted by molar-refractivity contribution is 0.695. The van der Waals surface area contributed by atoms with Crippen molar-refractivity contribution < 1.29 is 0 Å². The molecule has 2 heteroatoms. The number of rotatable bonds is 1. The Balaban J connectivity index is 2.07. The first-order valence-electron chi connectivity index (χ1n) is 6.05. The minimum Gasteiger partial charge on any atom is -0.321 e. The summed E-state index contributed by atoms with van der Waals surface area (Å²) in [5, 5.41) is 0. The largest absolute Gasteiger partial charge is 0.321 e. The third-order valence-electron chi connectivity index (χ3n) is 3.84. The van der Waals surface area contributed by atoms with Gasteiger partial charge in [0.2, 0.25) is 0 Å². The number of nitrogens with two attached hydrogens (primary N) is 1. The number of pyridine rings is 1. The van der Waals surface area contributed by atoms with Crippen molar-refractivity contribution in [1.29, 1.82) is 0 Å². The van der Waals surface area contributed by atoms with E-state index in [1.807, 2.05) is 6.20 Å². The summed E-state index contributed by atoms with van der Waals surface area (Å²) in [5.41, 5.74) is 10.6. The van der Waals surface area contributed by atoms with E-state index < -0.39 is 0 Å². The quantitative estimate of drug-likeness (QED) is 0.710. The zero-order valence-corrected chi connectivity index (χ0v) is 9.13. The molecule has 1 aromatic rings. The highest BCUT2D eigenvalue weighted by Crippen LogP contribution is 2.45. The Morgan fingerprint density at radius 1 is 1.07 bits per heavy atom. The molecule has 0 aliphatic heterocycles. The van der Waals surface area contributed by atoms with Gasteiger partial charge in [0.15, 0.2) is 0 Å². The predicted molar refractivity (Wildman–Crippen MR) is 60.6 cm³/mol. The van der Waals surface area contributed by atoms with Crippen LogP contribution in [0.5, 0.6) is 0 Å². The Labute approximate surface area is 90.9 Å². The van der Waals surface area contributed by atoms with Gasteiger partial charge in [-0.3, -0.25) is 4.98 Å². The fourth-order valence-corrected chi connectivity index (χ4v) is 2.67. The number of fused-ring (bicyclic) bond motifs is 1. The zero-order valence-electron chi connectivity index (χ0n) is 9.13. The lowest BCUT2D eigenvalue weighted by atomic mass is 9.94. The Kier molecular flexibility index (Phi) is 2.06. The highest BCUT2D eigenvalue weighted by molar-refractivity contribution is 5.40. The molecule has 0 atom stereocenters. The van der Waals surface area contributed by atoms with Crippen molar-refractivity contribution in [3.05, 3.63) is 29.1 Å². The topological polar surface area (TPSA) is 38.9 Å². The lowest BCUT2D eigenvalue weighted by Gasteiger charge is -2.16. The molecule has 80 valence electrons. The first-order valence-corrected chi connectivity index (χ1v) is 6.05. The molecule has 0 radical (unpaired) electrons. The maximum Gasteiger partial charge on any atom is 0.0429 e. The van der Waals surface area contributed by atoms with Gasteiger partial charge in [0.05, 0.1) is 0 Å². The van der Waals surface area contributed by atoms with Crippen LogP contribution < -0.4 is 5.73 Å². The van der Waals surface area contributed by atoms with E-state index in [9.17, 15) is 0 Å². The van der Waals surface area contributed by atoms with E-state index in [1.165, 1.54) is 48.8 Å². The van der Waals surface area contributed by atoms with E-state index in [0.717, 1.165) is 12.8 Å². The van der Waals surface area contributed by atoms with E-state index in [4.69, 9.17) is 5.73 Å². The van der Waals surface area contributed by atoms with E-state index in [0.29, 0.717) is 0 Å². The van der Waals surface area contributed by atoms with Crippen molar-refractivity contribution in [2.24, 2.45) is 5.73 Å². The minimum atomic E-state index is -0.0112. The molecule has 3 rings (SSSR count). The van der Waals surface area contributed by atoms with Crippen LogP contribution in [-0.2, 0) is 18.4 Å². The monoisotopic (exact) mass is 202 g/mol. The molecular formula is C13H18N2. The van der Waals surface area contributed by atoms with Crippen molar-refractivity contribution >= 4 is 0 Å². The van der Waals surface area contributed by atoms with Crippen molar-refractivity contribution in [3.8, 4) is 0 Å². The number of aryl methyl sites for hydroxylation is 1. The summed E-state index contributed by atoms with van der Waals surface area (Å²) < 4.78 is 0. The molecule has 2 N–H and O–H groups in total. The summed E-state index contributed by atoms with van der Waals surface area (Å²) in [4.78, 5) is 4.37. The molecule has 0 saturated heterocycles. The van der Waals surface area contributed by atoms with Gasteiger partial charge in [-0.25, -0.2) is 0 Å². The molecule has 1 saturated carbocycles. The molecule has 2 nitrogen and oxygen atoms in total. The van der Waals surface area contributed by atoms with Gasteiger partial charge in [-0.15, -0.1) is 0 Å². The van der Waals surface area contributed by atoms with Gasteiger partial charge in [0.1, 0.15) is 0 Å². The van der Waals surface area contributed by atoms with Crippen LogP contribution in [0.2, 0.25) is 0 Å². The first-order chi connectivity index (χ1) is 7.30. The molecule has 15 heavy (non-hydrogen) atoms. The van der Waals surface area contributed by atoms with Crippen LogP contribution in [0.15, 0.2) is 12.4 Å². The van der Waals surface area contributed by atoms with Gasteiger partial charge in [-0.05, 0) is 55.2 Å². The number of hydrogen-bond acceptors (Lipinski definition) is 2. The van der Waals surface area contributed by atoms with Crippen molar-refractivity contribution in [1.82, 2.24) is 4.98 Å². The highest BCUT2D eigenvalue weighted by atomic mass is 14.8. The van der Waals surface area contributed by atoms with Crippen LogP contribution in [0.3, 0.4) is 0 Å². The van der Waals surface area contributed by atoms with E-state index >= 15 is 0 Å².